The maximum absolute atomic E-state index is 11.6. The van der Waals surface area contributed by atoms with Crippen molar-refractivity contribution in [3.8, 4) is 5.75 Å². The Morgan fingerprint density at radius 1 is 1.39 bits per heavy atom. The predicted octanol–water partition coefficient (Wildman–Crippen LogP) is 2.44. The largest absolute Gasteiger partial charge is 0.496 e. The summed E-state index contributed by atoms with van der Waals surface area (Å²) in [5.74, 6) is 0.856. The lowest BCUT2D eigenvalue weighted by Gasteiger charge is -2.10. The number of aromatic nitrogens is 1. The number of nitrogens with zero attached hydrogens (tertiary/aromatic N) is 1. The van der Waals surface area contributed by atoms with Gasteiger partial charge < -0.3 is 14.6 Å². The first-order valence-electron chi connectivity index (χ1n) is 5.87. The van der Waals surface area contributed by atoms with Crippen LogP contribution in [0, 0.1) is 0 Å². The molecule has 1 aromatic carbocycles. The van der Waals surface area contributed by atoms with Crippen LogP contribution in [0.25, 0.3) is 10.9 Å². The van der Waals surface area contributed by atoms with Gasteiger partial charge in [0.25, 0.3) is 0 Å². The lowest BCUT2D eigenvalue weighted by Crippen LogP contribution is -2.10. The number of hydrogen-bond acceptors (Lipinski definition) is 3. The number of hydrogen-bond donors (Lipinski definition) is 1. The second-order valence-corrected chi connectivity index (χ2v) is 4.67. The van der Waals surface area contributed by atoms with Gasteiger partial charge in [-0.2, -0.15) is 0 Å². The number of ketones is 1. The molecule has 0 aliphatic carbocycles. The Bertz CT molecular complexity index is 585. The number of Topliss-reactive ketones (excluding diaryl/α,β-unsaturated/α-hetero) is 1. The molecule has 0 fully saturated rings. The van der Waals surface area contributed by atoms with Gasteiger partial charge in [-0.25, -0.2) is 0 Å². The molecule has 1 N–H and O–H groups in total. The molecule has 0 saturated heterocycles. The molecule has 18 heavy (non-hydrogen) atoms. The van der Waals surface area contributed by atoms with E-state index in [-0.39, 0.29) is 5.78 Å². The normalized spacial score (nSPS) is 11.2. The topological polar surface area (TPSA) is 45.3 Å². The van der Waals surface area contributed by atoms with E-state index in [9.17, 15) is 4.79 Å². The van der Waals surface area contributed by atoms with E-state index >= 15 is 0 Å². The minimum absolute atomic E-state index is 0.0564. The molecular weight excluding hydrogens is 228 g/mol. The minimum atomic E-state index is 0.0564. The molecule has 0 radical (unpaired) electrons. The Morgan fingerprint density at radius 2 is 2.11 bits per heavy atom. The fourth-order valence-electron chi connectivity index (χ4n) is 2.21. The zero-order valence-electron chi connectivity index (χ0n) is 11.2. The van der Waals surface area contributed by atoms with E-state index in [0.717, 1.165) is 28.8 Å². The average molecular weight is 246 g/mol. The number of nitrogens with one attached hydrogen (secondary N) is 1. The highest BCUT2D eigenvalue weighted by Crippen LogP contribution is 2.31. The smallest absolute Gasteiger partial charge is 0.161 e. The lowest BCUT2D eigenvalue weighted by molar-refractivity contribution is 0.101. The van der Waals surface area contributed by atoms with Crippen molar-refractivity contribution in [2.75, 3.05) is 21.2 Å². The summed E-state index contributed by atoms with van der Waals surface area (Å²) in [6.07, 6.45) is 1.94. The summed E-state index contributed by atoms with van der Waals surface area (Å²) in [6, 6.07) is 3.66. The van der Waals surface area contributed by atoms with Crippen LogP contribution in [0.15, 0.2) is 18.3 Å². The monoisotopic (exact) mass is 246 g/mol. The van der Waals surface area contributed by atoms with E-state index in [1.165, 1.54) is 0 Å². The minimum Gasteiger partial charge on any atom is -0.496 e. The van der Waals surface area contributed by atoms with Gasteiger partial charge in [-0.05, 0) is 38.7 Å². The lowest BCUT2D eigenvalue weighted by atomic mass is 10.0. The maximum Gasteiger partial charge on any atom is 0.161 e. The SMILES string of the molecule is COc1ccc(C(C)=O)c2[nH]cc(CN(C)C)c12. The Kier molecular flexibility index (Phi) is 3.39. The summed E-state index contributed by atoms with van der Waals surface area (Å²) in [4.78, 5) is 16.9. The van der Waals surface area contributed by atoms with Crippen molar-refractivity contribution in [1.82, 2.24) is 9.88 Å². The third kappa shape index (κ3) is 2.11. The molecule has 4 nitrogen and oxygen atoms in total. The standard InChI is InChI=1S/C14H18N2O2/c1-9(17)11-5-6-12(18-4)13-10(8-16(2)3)7-15-14(11)13/h5-7,15H,8H2,1-4H3. The van der Waals surface area contributed by atoms with Crippen LogP contribution in [-0.2, 0) is 6.54 Å². The van der Waals surface area contributed by atoms with Gasteiger partial charge in [0.15, 0.2) is 5.78 Å². The first kappa shape index (κ1) is 12.6. The van der Waals surface area contributed by atoms with E-state index in [2.05, 4.69) is 9.88 Å². The quantitative estimate of drug-likeness (QED) is 0.843. The summed E-state index contributed by atoms with van der Waals surface area (Å²) in [7, 11) is 5.68. The van der Waals surface area contributed by atoms with Gasteiger partial charge in [0, 0.05) is 23.7 Å². The van der Waals surface area contributed by atoms with Gasteiger partial charge in [0.2, 0.25) is 0 Å². The molecule has 0 spiro atoms. The number of carbonyl (C=O) groups excluding carboxylic acids is 1. The molecule has 0 saturated carbocycles. The number of aromatic amines is 1. The van der Waals surface area contributed by atoms with Gasteiger partial charge in [-0.15, -0.1) is 0 Å². The number of rotatable bonds is 4. The van der Waals surface area contributed by atoms with Crippen molar-refractivity contribution in [3.05, 3.63) is 29.5 Å². The zero-order chi connectivity index (χ0) is 13.3. The third-order valence-corrected chi connectivity index (χ3v) is 2.96. The summed E-state index contributed by atoms with van der Waals surface area (Å²) in [5, 5.41) is 0.999. The molecule has 2 aromatic rings. The Labute approximate surface area is 107 Å². The van der Waals surface area contributed by atoms with Gasteiger partial charge in [0.05, 0.1) is 12.6 Å². The summed E-state index contributed by atoms with van der Waals surface area (Å²) < 4.78 is 5.39. The maximum atomic E-state index is 11.6. The number of H-pyrrole nitrogens is 1. The zero-order valence-corrected chi connectivity index (χ0v) is 11.2. The van der Waals surface area contributed by atoms with Crippen LogP contribution in [-0.4, -0.2) is 36.9 Å². The molecule has 0 aliphatic heterocycles. The third-order valence-electron chi connectivity index (χ3n) is 2.96. The first-order chi connectivity index (χ1) is 8.54. The predicted molar refractivity (Wildman–Crippen MR) is 72.2 cm³/mol. The molecule has 0 aliphatic rings. The van der Waals surface area contributed by atoms with E-state index < -0.39 is 0 Å². The second kappa shape index (κ2) is 4.82. The number of carbonyl (C=O) groups is 1. The fourth-order valence-corrected chi connectivity index (χ4v) is 2.21. The molecule has 96 valence electrons. The van der Waals surface area contributed by atoms with Crippen LogP contribution in [0.4, 0.5) is 0 Å². The molecule has 1 aromatic heterocycles. The number of fused-ring (bicyclic) bond motifs is 1. The van der Waals surface area contributed by atoms with E-state index in [1.807, 2.05) is 26.4 Å². The van der Waals surface area contributed by atoms with Crippen molar-refractivity contribution < 1.29 is 9.53 Å². The number of ether oxygens (including phenoxy) is 1. The van der Waals surface area contributed by atoms with Crippen LogP contribution >= 0.6 is 0 Å². The van der Waals surface area contributed by atoms with Crippen LogP contribution in [0.5, 0.6) is 5.75 Å². The number of methoxy groups -OCH3 is 1. The Hall–Kier alpha value is -1.81. The van der Waals surface area contributed by atoms with Crippen molar-refractivity contribution in [3.63, 3.8) is 0 Å². The van der Waals surface area contributed by atoms with Gasteiger partial charge in [-0.3, -0.25) is 4.79 Å². The fraction of sp³-hybridized carbons (Fsp3) is 0.357. The molecular formula is C14H18N2O2. The summed E-state index contributed by atoms with van der Waals surface area (Å²) >= 11 is 0. The molecule has 0 amide bonds. The highest BCUT2D eigenvalue weighted by Gasteiger charge is 2.15. The van der Waals surface area contributed by atoms with Crippen molar-refractivity contribution in [2.24, 2.45) is 0 Å². The number of benzene rings is 1. The molecule has 2 rings (SSSR count). The van der Waals surface area contributed by atoms with Gasteiger partial charge in [0.1, 0.15) is 5.75 Å². The molecule has 0 atom stereocenters. The van der Waals surface area contributed by atoms with Crippen LogP contribution in [0.3, 0.4) is 0 Å². The van der Waals surface area contributed by atoms with E-state index in [1.54, 1.807) is 20.1 Å². The first-order valence-corrected chi connectivity index (χ1v) is 5.87. The highest BCUT2D eigenvalue weighted by molar-refractivity contribution is 6.08. The van der Waals surface area contributed by atoms with Crippen molar-refractivity contribution in [1.29, 1.82) is 0 Å². The van der Waals surface area contributed by atoms with Crippen LogP contribution in [0.1, 0.15) is 22.8 Å². The average Bonchev–Trinajstić information content (AvgIpc) is 2.71. The molecule has 1 heterocycles. The van der Waals surface area contributed by atoms with Gasteiger partial charge >= 0.3 is 0 Å². The van der Waals surface area contributed by atoms with Crippen molar-refractivity contribution >= 4 is 16.7 Å². The summed E-state index contributed by atoms with van der Waals surface area (Å²) in [6.45, 7) is 2.38. The Balaban J connectivity index is 2.69. The second-order valence-electron chi connectivity index (χ2n) is 4.67. The van der Waals surface area contributed by atoms with Crippen molar-refractivity contribution in [2.45, 2.75) is 13.5 Å². The highest BCUT2D eigenvalue weighted by atomic mass is 16.5. The van der Waals surface area contributed by atoms with E-state index in [4.69, 9.17) is 4.74 Å². The Morgan fingerprint density at radius 3 is 2.67 bits per heavy atom. The molecule has 4 heteroatoms. The van der Waals surface area contributed by atoms with E-state index in [0.29, 0.717) is 5.56 Å². The molecule has 0 bridgehead atoms. The van der Waals surface area contributed by atoms with Crippen LogP contribution in [0.2, 0.25) is 0 Å². The summed E-state index contributed by atoms with van der Waals surface area (Å²) in [5.41, 5.74) is 2.70. The van der Waals surface area contributed by atoms with Gasteiger partial charge in [-0.1, -0.05) is 0 Å². The van der Waals surface area contributed by atoms with Crippen LogP contribution < -0.4 is 4.74 Å². The molecule has 0 unspecified atom stereocenters.